The summed E-state index contributed by atoms with van der Waals surface area (Å²) >= 11 is 0. The summed E-state index contributed by atoms with van der Waals surface area (Å²) in [5.41, 5.74) is 5.98. The third kappa shape index (κ3) is 3.10. The lowest BCUT2D eigenvalue weighted by Crippen LogP contribution is -2.03. The Balaban J connectivity index is 2.05. The van der Waals surface area contributed by atoms with Crippen molar-refractivity contribution in [2.75, 3.05) is 23.7 Å². The third-order valence-electron chi connectivity index (χ3n) is 4.74. The van der Waals surface area contributed by atoms with Crippen LogP contribution in [0.4, 0.5) is 11.4 Å². The number of aryl methyl sites for hydroxylation is 1. The minimum atomic E-state index is -0.0305. The third-order valence-corrected chi connectivity index (χ3v) is 4.74. The molecule has 0 amide bonds. The Morgan fingerprint density at radius 1 is 0.963 bits per heavy atom. The second-order valence-corrected chi connectivity index (χ2v) is 6.78. The van der Waals surface area contributed by atoms with E-state index in [1.165, 1.54) is 0 Å². The zero-order valence-corrected chi connectivity index (χ0v) is 15.8. The van der Waals surface area contributed by atoms with Gasteiger partial charge in [-0.05, 0) is 50.1 Å². The minimum Gasteiger partial charge on any atom is -0.453 e. The monoisotopic (exact) mass is 361 g/mol. The maximum absolute atomic E-state index is 12.0. The highest BCUT2D eigenvalue weighted by Gasteiger charge is 2.13. The van der Waals surface area contributed by atoms with Crippen LogP contribution in [0.1, 0.15) is 25.8 Å². The fourth-order valence-corrected chi connectivity index (χ4v) is 3.42. The summed E-state index contributed by atoms with van der Waals surface area (Å²) in [4.78, 5) is 16.8. The average molecular weight is 361 g/mol. The van der Waals surface area contributed by atoms with Gasteiger partial charge >= 0.3 is 0 Å². The quantitative estimate of drug-likeness (QED) is 0.384. The Morgan fingerprint density at radius 3 is 2.56 bits per heavy atom. The number of benzene rings is 3. The van der Waals surface area contributed by atoms with Gasteiger partial charge in [0.05, 0.1) is 0 Å². The first-order chi connectivity index (χ1) is 13.1. The van der Waals surface area contributed by atoms with Gasteiger partial charge in [-0.3, -0.25) is 4.79 Å². The van der Waals surface area contributed by atoms with Gasteiger partial charge in [-0.1, -0.05) is 6.92 Å². The lowest BCUT2D eigenvalue weighted by molar-refractivity contribution is 0.657. The van der Waals surface area contributed by atoms with Crippen LogP contribution in [-0.4, -0.2) is 18.1 Å². The molecule has 138 valence electrons. The van der Waals surface area contributed by atoms with Gasteiger partial charge < -0.3 is 15.1 Å². The molecule has 27 heavy (non-hydrogen) atoms. The molecule has 0 fully saturated rings. The summed E-state index contributed by atoms with van der Waals surface area (Å²) in [7, 11) is 0. The number of hydrogen-bond acceptors (Lipinski definition) is 5. The van der Waals surface area contributed by atoms with Gasteiger partial charge in [-0.2, -0.15) is 0 Å². The SMILES string of the molecule is CCCNc1cc2oc3cc(NCC)c(C)cc3nc2c2cc(=O)ccc12. The number of anilines is 2. The molecule has 0 saturated heterocycles. The Bertz CT molecular complexity index is 1210. The van der Waals surface area contributed by atoms with E-state index >= 15 is 0 Å². The van der Waals surface area contributed by atoms with Crippen LogP contribution < -0.4 is 16.1 Å². The maximum atomic E-state index is 12.0. The molecule has 1 heterocycles. The van der Waals surface area contributed by atoms with Crippen LogP contribution in [-0.2, 0) is 0 Å². The van der Waals surface area contributed by atoms with Crippen molar-refractivity contribution in [2.45, 2.75) is 27.2 Å². The highest BCUT2D eigenvalue weighted by atomic mass is 16.3. The molecule has 0 bridgehead atoms. The summed E-state index contributed by atoms with van der Waals surface area (Å²) in [6.45, 7) is 7.93. The van der Waals surface area contributed by atoms with Gasteiger partial charge in [0.25, 0.3) is 0 Å². The molecule has 0 spiro atoms. The Morgan fingerprint density at radius 2 is 1.78 bits per heavy atom. The summed E-state index contributed by atoms with van der Waals surface area (Å²) in [6, 6.07) is 11.1. The predicted octanol–water partition coefficient (Wildman–Crippen LogP) is 5.06. The van der Waals surface area contributed by atoms with Gasteiger partial charge in [-0.25, -0.2) is 4.98 Å². The molecule has 2 N–H and O–H groups in total. The van der Waals surface area contributed by atoms with Gasteiger partial charge in [0.15, 0.2) is 16.6 Å². The van der Waals surface area contributed by atoms with Crippen molar-refractivity contribution in [3.05, 3.63) is 52.2 Å². The van der Waals surface area contributed by atoms with Crippen LogP contribution in [0.3, 0.4) is 0 Å². The van der Waals surface area contributed by atoms with E-state index in [0.29, 0.717) is 11.1 Å². The number of nitrogens with one attached hydrogen (secondary N) is 2. The highest BCUT2D eigenvalue weighted by Crippen LogP contribution is 2.33. The van der Waals surface area contributed by atoms with Crippen LogP contribution in [0.15, 0.2) is 45.6 Å². The molecular weight excluding hydrogens is 338 g/mol. The first kappa shape index (κ1) is 17.3. The lowest BCUT2D eigenvalue weighted by Gasteiger charge is -2.13. The molecule has 4 aromatic rings. The van der Waals surface area contributed by atoms with Crippen LogP contribution in [0.25, 0.3) is 33.0 Å². The highest BCUT2D eigenvalue weighted by molar-refractivity contribution is 6.10. The molecule has 0 atom stereocenters. The second-order valence-electron chi connectivity index (χ2n) is 6.78. The molecule has 4 rings (SSSR count). The zero-order chi connectivity index (χ0) is 19.0. The van der Waals surface area contributed by atoms with Crippen molar-refractivity contribution in [3.63, 3.8) is 0 Å². The molecule has 1 aromatic heterocycles. The molecule has 0 aliphatic heterocycles. The van der Waals surface area contributed by atoms with Crippen molar-refractivity contribution in [1.82, 2.24) is 4.98 Å². The van der Waals surface area contributed by atoms with Gasteiger partial charge in [-0.15, -0.1) is 0 Å². The molecule has 0 aliphatic rings. The molecule has 3 aromatic carbocycles. The molecule has 0 unspecified atom stereocenters. The van der Waals surface area contributed by atoms with Crippen LogP contribution in [0.5, 0.6) is 0 Å². The first-order valence-electron chi connectivity index (χ1n) is 9.40. The van der Waals surface area contributed by atoms with Crippen molar-refractivity contribution >= 4 is 44.3 Å². The van der Waals surface area contributed by atoms with Crippen molar-refractivity contribution < 1.29 is 4.42 Å². The molecule has 5 heteroatoms. The van der Waals surface area contributed by atoms with E-state index in [9.17, 15) is 4.79 Å². The van der Waals surface area contributed by atoms with Gasteiger partial charge in [0.1, 0.15) is 11.0 Å². The molecule has 5 nitrogen and oxygen atoms in total. The van der Waals surface area contributed by atoms with Gasteiger partial charge in [0, 0.05) is 47.4 Å². The van der Waals surface area contributed by atoms with E-state index in [1.807, 2.05) is 24.3 Å². The summed E-state index contributed by atoms with van der Waals surface area (Å²) in [5, 5.41) is 8.59. The first-order valence-corrected chi connectivity index (χ1v) is 9.40. The number of hydrogen-bond donors (Lipinski definition) is 2. The van der Waals surface area contributed by atoms with E-state index in [4.69, 9.17) is 9.40 Å². The van der Waals surface area contributed by atoms with Crippen molar-refractivity contribution in [3.8, 4) is 0 Å². The van der Waals surface area contributed by atoms with Crippen LogP contribution in [0.2, 0.25) is 0 Å². The lowest BCUT2D eigenvalue weighted by atomic mass is 10.1. The summed E-state index contributed by atoms with van der Waals surface area (Å²) in [6.07, 6.45) is 1.01. The fraction of sp³-hybridized carbons (Fsp3) is 0.273. The smallest absolute Gasteiger partial charge is 0.179 e. The Hall–Kier alpha value is -3.08. The average Bonchev–Trinajstić information content (AvgIpc) is 2.65. The zero-order valence-electron chi connectivity index (χ0n) is 15.8. The maximum Gasteiger partial charge on any atom is 0.179 e. The number of aromatic nitrogens is 1. The van der Waals surface area contributed by atoms with Gasteiger partial charge in [0.2, 0.25) is 0 Å². The molecule has 0 saturated carbocycles. The Kier molecular flexibility index (Phi) is 4.44. The Labute approximate surface area is 157 Å². The largest absolute Gasteiger partial charge is 0.453 e. The van der Waals surface area contributed by atoms with Crippen LogP contribution >= 0.6 is 0 Å². The van der Waals surface area contributed by atoms with Crippen molar-refractivity contribution in [1.29, 1.82) is 0 Å². The number of rotatable bonds is 5. The topological polar surface area (TPSA) is 67.2 Å². The molecule has 0 aliphatic carbocycles. The van der Waals surface area contributed by atoms with Crippen molar-refractivity contribution in [2.24, 2.45) is 0 Å². The number of nitrogens with zero attached hydrogens (tertiary/aromatic N) is 1. The standard InChI is InChI=1S/C22H23N3O2/c1-4-8-24-18-12-21-22(16-10-14(26)6-7-15(16)18)25-19-9-13(3)17(23-5-2)11-20(19)27-21/h6-7,9-12,23-24H,4-5,8H2,1-3H3. The summed E-state index contributed by atoms with van der Waals surface area (Å²) < 4.78 is 6.21. The number of fused-ring (bicyclic) bond motifs is 4. The van der Waals surface area contributed by atoms with E-state index in [1.54, 1.807) is 12.1 Å². The van der Waals surface area contributed by atoms with E-state index < -0.39 is 0 Å². The molecular formula is C22H23N3O2. The second kappa shape index (κ2) is 6.91. The normalized spacial score (nSPS) is 11.4. The van der Waals surface area contributed by atoms with E-state index in [2.05, 4.69) is 31.4 Å². The predicted molar refractivity (Wildman–Crippen MR) is 113 cm³/mol. The fourth-order valence-electron chi connectivity index (χ4n) is 3.42. The van der Waals surface area contributed by atoms with E-state index in [-0.39, 0.29) is 5.43 Å². The van der Waals surface area contributed by atoms with E-state index in [0.717, 1.165) is 58.3 Å². The summed E-state index contributed by atoms with van der Waals surface area (Å²) in [5.74, 6) is 0. The van der Waals surface area contributed by atoms with Crippen LogP contribution in [0, 0.1) is 6.92 Å². The minimum absolute atomic E-state index is 0.0305. The molecule has 0 radical (unpaired) electrons.